The van der Waals surface area contributed by atoms with Crippen LogP contribution in [0, 0.1) is 0 Å². The van der Waals surface area contributed by atoms with Gasteiger partial charge in [0.2, 0.25) is 0 Å². The molecule has 0 aliphatic heterocycles. The molecular weight excluding hydrogens is 218 g/mol. The second-order valence-corrected chi connectivity index (χ2v) is 3.35. The maximum Gasteiger partial charge on any atom is 0.508 e. The van der Waals surface area contributed by atoms with Crippen LogP contribution in [0.5, 0.6) is 0 Å². The van der Waals surface area contributed by atoms with Crippen molar-refractivity contribution >= 4 is 6.16 Å². The second kappa shape index (κ2) is 8.35. The molecule has 0 fully saturated rings. The zero-order valence-electron chi connectivity index (χ0n) is 9.89. The molecule has 0 radical (unpaired) electrons. The lowest BCUT2D eigenvalue weighted by molar-refractivity contribution is 0.0817. The van der Waals surface area contributed by atoms with Gasteiger partial charge in [-0.3, -0.25) is 0 Å². The Kier molecular flexibility index (Phi) is 6.51. The zero-order valence-corrected chi connectivity index (χ0v) is 9.89. The van der Waals surface area contributed by atoms with E-state index in [0.717, 1.165) is 13.1 Å². The van der Waals surface area contributed by atoms with Gasteiger partial charge in [0, 0.05) is 13.1 Å². The summed E-state index contributed by atoms with van der Waals surface area (Å²) in [7, 11) is 1.29. The third-order valence-electron chi connectivity index (χ3n) is 2.06. The molecule has 92 valence electrons. The summed E-state index contributed by atoms with van der Waals surface area (Å²) >= 11 is 0. The van der Waals surface area contributed by atoms with Gasteiger partial charge in [0.05, 0.1) is 7.11 Å². The van der Waals surface area contributed by atoms with Crippen LogP contribution in [0.2, 0.25) is 0 Å². The molecule has 0 saturated heterocycles. The maximum atomic E-state index is 10.6. The average molecular weight is 235 g/mol. The molecule has 4 heteroatoms. The molecule has 0 bridgehead atoms. The molecule has 0 amide bonds. The number of rotatable bonds is 6. The molecule has 1 aromatic rings. The molecule has 17 heavy (non-hydrogen) atoms. The Hall–Kier alpha value is -1.81. The lowest BCUT2D eigenvalue weighted by atomic mass is 10.2. The van der Waals surface area contributed by atoms with Gasteiger partial charge in [-0.15, -0.1) is 0 Å². The van der Waals surface area contributed by atoms with Gasteiger partial charge in [-0.2, -0.15) is 0 Å². The first-order valence-electron chi connectivity index (χ1n) is 5.43. The maximum absolute atomic E-state index is 10.6. The number of benzene rings is 1. The van der Waals surface area contributed by atoms with Crippen LogP contribution in [0.25, 0.3) is 0 Å². The van der Waals surface area contributed by atoms with Crippen molar-refractivity contribution in [3.05, 3.63) is 48.0 Å². The lowest BCUT2D eigenvalue weighted by Gasteiger charge is -2.01. The summed E-state index contributed by atoms with van der Waals surface area (Å²) in [5, 5.41) is 3.25. The van der Waals surface area contributed by atoms with Crippen LogP contribution in [0.1, 0.15) is 5.56 Å². The first-order valence-corrected chi connectivity index (χ1v) is 5.43. The molecule has 4 nitrogen and oxygen atoms in total. The molecule has 0 aromatic heterocycles. The third kappa shape index (κ3) is 6.37. The molecule has 0 unspecified atom stereocenters. The topological polar surface area (TPSA) is 47.6 Å². The van der Waals surface area contributed by atoms with Crippen molar-refractivity contribution in [2.75, 3.05) is 20.3 Å². The Morgan fingerprint density at radius 2 is 2.06 bits per heavy atom. The van der Waals surface area contributed by atoms with Crippen LogP contribution < -0.4 is 5.32 Å². The third-order valence-corrected chi connectivity index (χ3v) is 2.06. The van der Waals surface area contributed by atoms with E-state index in [9.17, 15) is 4.79 Å². The number of carbonyl (C=O) groups excluding carboxylic acids is 1. The van der Waals surface area contributed by atoms with Crippen molar-refractivity contribution < 1.29 is 14.3 Å². The molecule has 1 N–H and O–H groups in total. The fraction of sp³-hybridized carbons (Fsp3) is 0.308. The van der Waals surface area contributed by atoms with E-state index in [1.807, 2.05) is 24.3 Å². The summed E-state index contributed by atoms with van der Waals surface area (Å²) < 4.78 is 9.01. The minimum absolute atomic E-state index is 0.236. The number of hydrogen-bond donors (Lipinski definition) is 1. The molecule has 1 rings (SSSR count). The fourth-order valence-electron chi connectivity index (χ4n) is 1.22. The van der Waals surface area contributed by atoms with E-state index in [4.69, 9.17) is 0 Å². The minimum Gasteiger partial charge on any atom is -0.438 e. The van der Waals surface area contributed by atoms with Gasteiger partial charge in [-0.05, 0) is 11.6 Å². The molecule has 0 atom stereocenters. The summed E-state index contributed by atoms with van der Waals surface area (Å²) in [6.07, 6.45) is 3.02. The van der Waals surface area contributed by atoms with Gasteiger partial charge in [-0.25, -0.2) is 4.79 Å². The monoisotopic (exact) mass is 235 g/mol. The number of ether oxygens (including phenoxy) is 2. The Labute approximate surface area is 101 Å². The van der Waals surface area contributed by atoms with Gasteiger partial charge in [0.15, 0.2) is 0 Å². The van der Waals surface area contributed by atoms with Crippen LogP contribution in [-0.2, 0) is 16.0 Å². The van der Waals surface area contributed by atoms with E-state index in [1.54, 1.807) is 6.08 Å². The van der Waals surface area contributed by atoms with E-state index >= 15 is 0 Å². The van der Waals surface area contributed by atoms with Crippen LogP contribution >= 0.6 is 0 Å². The molecule has 0 aliphatic carbocycles. The standard InChI is InChI=1S/C13H17NO3/c1-16-13(15)17-10-6-5-9-14-11-12-7-3-2-4-8-12/h2-8,14H,9-11H2,1H3/b6-5+. The van der Waals surface area contributed by atoms with Crippen LogP contribution in [0.3, 0.4) is 0 Å². The average Bonchev–Trinajstić information content (AvgIpc) is 2.38. The summed E-state index contributed by atoms with van der Waals surface area (Å²) in [6.45, 7) is 1.79. The molecular formula is C13H17NO3. The highest BCUT2D eigenvalue weighted by molar-refractivity contribution is 5.59. The van der Waals surface area contributed by atoms with Crippen molar-refractivity contribution in [2.45, 2.75) is 6.54 Å². The summed E-state index contributed by atoms with van der Waals surface area (Å²) in [4.78, 5) is 10.6. The van der Waals surface area contributed by atoms with Gasteiger partial charge in [0.1, 0.15) is 6.61 Å². The van der Waals surface area contributed by atoms with Gasteiger partial charge in [-0.1, -0.05) is 36.4 Å². The van der Waals surface area contributed by atoms with Crippen molar-refractivity contribution in [2.24, 2.45) is 0 Å². The number of carbonyl (C=O) groups is 1. The molecule has 1 aromatic carbocycles. The normalized spacial score (nSPS) is 10.4. The van der Waals surface area contributed by atoms with Gasteiger partial charge >= 0.3 is 6.16 Å². The van der Waals surface area contributed by atoms with E-state index in [1.165, 1.54) is 12.7 Å². The predicted molar refractivity (Wildman–Crippen MR) is 65.6 cm³/mol. The number of nitrogens with one attached hydrogen (secondary N) is 1. The first kappa shape index (κ1) is 13.3. The smallest absolute Gasteiger partial charge is 0.438 e. The lowest BCUT2D eigenvalue weighted by Crippen LogP contribution is -2.13. The van der Waals surface area contributed by atoms with Crippen molar-refractivity contribution in [3.63, 3.8) is 0 Å². The van der Waals surface area contributed by atoms with Crippen molar-refractivity contribution in [1.82, 2.24) is 5.32 Å². The van der Waals surface area contributed by atoms with Crippen LogP contribution in [0.15, 0.2) is 42.5 Å². The largest absolute Gasteiger partial charge is 0.508 e. The first-order chi connectivity index (χ1) is 8.33. The number of hydrogen-bond acceptors (Lipinski definition) is 4. The highest BCUT2D eigenvalue weighted by atomic mass is 16.7. The SMILES string of the molecule is COC(=O)OC/C=C/CNCc1ccccc1. The van der Waals surface area contributed by atoms with Gasteiger partial charge in [0.25, 0.3) is 0 Å². The van der Waals surface area contributed by atoms with E-state index < -0.39 is 6.16 Å². The molecule has 0 spiro atoms. The highest BCUT2D eigenvalue weighted by Crippen LogP contribution is 1.96. The van der Waals surface area contributed by atoms with E-state index in [2.05, 4.69) is 26.9 Å². The van der Waals surface area contributed by atoms with E-state index in [0.29, 0.717) is 0 Å². The second-order valence-electron chi connectivity index (χ2n) is 3.35. The number of methoxy groups -OCH3 is 1. The molecule has 0 heterocycles. The summed E-state index contributed by atoms with van der Waals surface area (Å²) in [6, 6.07) is 10.1. The Bertz CT molecular complexity index is 349. The predicted octanol–water partition coefficient (Wildman–Crippen LogP) is 2.12. The van der Waals surface area contributed by atoms with Crippen molar-refractivity contribution in [3.8, 4) is 0 Å². The minimum atomic E-state index is -0.660. The summed E-state index contributed by atoms with van der Waals surface area (Å²) in [5.74, 6) is 0. The Morgan fingerprint density at radius 1 is 1.29 bits per heavy atom. The molecule has 0 saturated carbocycles. The zero-order chi connectivity index (χ0) is 12.3. The fourth-order valence-corrected chi connectivity index (χ4v) is 1.22. The van der Waals surface area contributed by atoms with Crippen molar-refractivity contribution in [1.29, 1.82) is 0 Å². The van der Waals surface area contributed by atoms with Gasteiger partial charge < -0.3 is 14.8 Å². The van der Waals surface area contributed by atoms with Crippen LogP contribution in [-0.4, -0.2) is 26.4 Å². The Morgan fingerprint density at radius 3 is 2.76 bits per heavy atom. The highest BCUT2D eigenvalue weighted by Gasteiger charge is 1.95. The van der Waals surface area contributed by atoms with Crippen LogP contribution in [0.4, 0.5) is 4.79 Å². The molecule has 0 aliphatic rings. The van der Waals surface area contributed by atoms with E-state index in [-0.39, 0.29) is 6.61 Å². The quantitative estimate of drug-likeness (QED) is 0.466. The summed E-state index contributed by atoms with van der Waals surface area (Å²) in [5.41, 5.74) is 1.24. The Balaban J connectivity index is 2.04.